The van der Waals surface area contributed by atoms with Crippen molar-refractivity contribution in [3.63, 3.8) is 0 Å². The van der Waals surface area contributed by atoms with Gasteiger partial charge in [0.15, 0.2) is 6.10 Å². The summed E-state index contributed by atoms with van der Waals surface area (Å²) in [5, 5.41) is 9.39. The molecule has 0 bridgehead atoms. The number of allylic oxidation sites excluding steroid dienone is 2. The van der Waals surface area contributed by atoms with Crippen LogP contribution in [0, 0.1) is 0 Å². The van der Waals surface area contributed by atoms with Gasteiger partial charge in [0.1, 0.15) is 5.75 Å². The highest BCUT2D eigenvalue weighted by Gasteiger charge is 2.20. The maximum absolute atomic E-state index is 11.4. The molecule has 0 radical (unpaired) electrons. The van der Waals surface area contributed by atoms with Crippen LogP contribution in [0.2, 0.25) is 0 Å². The smallest absolute Gasteiger partial charge is 0.344 e. The number of hydrogen-bond acceptors (Lipinski definition) is 3. The number of carboxylic acid groups (broad SMARTS) is 1. The number of benzene rings is 1. The molecule has 0 fully saturated rings. The molecule has 0 saturated carbocycles. The van der Waals surface area contributed by atoms with E-state index in [1.54, 1.807) is 0 Å². The third-order valence-corrected chi connectivity index (χ3v) is 4.00. The van der Waals surface area contributed by atoms with E-state index in [4.69, 9.17) is 4.74 Å². The van der Waals surface area contributed by atoms with Gasteiger partial charge in [0.2, 0.25) is 0 Å². The van der Waals surface area contributed by atoms with Crippen LogP contribution < -0.4 is 9.64 Å². The normalized spacial score (nSPS) is 15.8. The van der Waals surface area contributed by atoms with Crippen molar-refractivity contribution in [1.82, 2.24) is 0 Å². The van der Waals surface area contributed by atoms with E-state index >= 15 is 0 Å². The van der Waals surface area contributed by atoms with Gasteiger partial charge in [0.05, 0.1) is 0 Å². The van der Waals surface area contributed by atoms with Crippen molar-refractivity contribution in [2.24, 2.45) is 0 Å². The van der Waals surface area contributed by atoms with E-state index in [1.807, 2.05) is 43.3 Å². The third-order valence-electron chi connectivity index (χ3n) is 4.00. The van der Waals surface area contributed by atoms with E-state index in [1.165, 1.54) is 18.4 Å². The van der Waals surface area contributed by atoms with Gasteiger partial charge in [-0.3, -0.25) is 0 Å². The van der Waals surface area contributed by atoms with Gasteiger partial charge in [-0.2, -0.15) is 0 Å². The Hall–Kier alpha value is -1.97. The fourth-order valence-electron chi connectivity index (χ4n) is 2.68. The van der Waals surface area contributed by atoms with E-state index < -0.39 is 12.1 Å². The van der Waals surface area contributed by atoms with Crippen molar-refractivity contribution in [3.05, 3.63) is 35.9 Å². The van der Waals surface area contributed by atoms with E-state index in [2.05, 4.69) is 6.08 Å². The van der Waals surface area contributed by atoms with Gasteiger partial charge in [0, 0.05) is 25.8 Å². The van der Waals surface area contributed by atoms with Crippen LogP contribution in [0.5, 0.6) is 5.75 Å². The van der Waals surface area contributed by atoms with Crippen LogP contribution in [0.1, 0.15) is 38.5 Å². The van der Waals surface area contributed by atoms with Crippen molar-refractivity contribution in [2.75, 3.05) is 19.0 Å². The van der Waals surface area contributed by atoms with Crippen LogP contribution in [0.25, 0.3) is 0 Å². The summed E-state index contributed by atoms with van der Waals surface area (Å²) in [6.07, 6.45) is 7.49. The molecule has 4 nitrogen and oxygen atoms in total. The molecule has 2 rings (SSSR count). The number of anilines is 1. The fraction of sp³-hybridized carbons (Fsp3) is 0.500. The van der Waals surface area contributed by atoms with Crippen LogP contribution in [0.15, 0.2) is 35.9 Å². The largest absolute Gasteiger partial charge is 0.479 e. The summed E-state index contributed by atoms with van der Waals surface area (Å²) in [6.45, 7) is 0. The molecule has 0 amide bonds. The molecule has 4 heteroatoms. The molecule has 1 aliphatic rings. The van der Waals surface area contributed by atoms with Crippen LogP contribution >= 0.6 is 0 Å². The number of carboxylic acids is 1. The Morgan fingerprint density at radius 2 is 2.18 bits per heavy atom. The molecule has 0 heterocycles. The molecule has 0 spiro atoms. The molecule has 1 aromatic rings. The van der Waals surface area contributed by atoms with Gasteiger partial charge >= 0.3 is 5.97 Å². The van der Waals surface area contributed by atoms with Crippen LogP contribution in [0.3, 0.4) is 0 Å². The van der Waals surface area contributed by atoms with Crippen molar-refractivity contribution in [3.8, 4) is 5.75 Å². The van der Waals surface area contributed by atoms with Crippen molar-refractivity contribution >= 4 is 11.7 Å². The first kappa shape index (κ1) is 16.4. The highest BCUT2D eigenvalue weighted by molar-refractivity contribution is 5.72. The Balaban J connectivity index is 1.97. The lowest BCUT2D eigenvalue weighted by Gasteiger charge is -2.19. The summed E-state index contributed by atoms with van der Waals surface area (Å²) < 4.78 is 5.70. The Labute approximate surface area is 132 Å². The molecule has 0 aromatic heterocycles. The van der Waals surface area contributed by atoms with Gasteiger partial charge in [0.25, 0.3) is 0 Å². The number of carbonyl (C=O) groups is 1. The minimum Gasteiger partial charge on any atom is -0.479 e. The summed E-state index contributed by atoms with van der Waals surface area (Å²) in [7, 11) is 3.90. The third kappa shape index (κ3) is 4.79. The molecule has 1 unspecified atom stereocenters. The zero-order chi connectivity index (χ0) is 15.9. The lowest BCUT2D eigenvalue weighted by Crippen LogP contribution is -2.27. The van der Waals surface area contributed by atoms with E-state index in [0.717, 1.165) is 24.9 Å². The lowest BCUT2D eigenvalue weighted by atomic mass is 9.95. The zero-order valence-electron chi connectivity index (χ0n) is 13.4. The van der Waals surface area contributed by atoms with E-state index in [0.29, 0.717) is 12.2 Å². The Morgan fingerprint density at radius 1 is 1.36 bits per heavy atom. The van der Waals surface area contributed by atoms with Gasteiger partial charge in [-0.05, 0) is 50.7 Å². The molecule has 120 valence electrons. The average molecular weight is 303 g/mol. The molecule has 1 atom stereocenters. The molecule has 1 N–H and O–H groups in total. The Bertz CT molecular complexity index is 537. The summed E-state index contributed by atoms with van der Waals surface area (Å²) >= 11 is 0. The zero-order valence-corrected chi connectivity index (χ0v) is 13.4. The fourth-order valence-corrected chi connectivity index (χ4v) is 2.68. The van der Waals surface area contributed by atoms with Gasteiger partial charge in [-0.25, -0.2) is 4.79 Å². The number of rotatable bonds is 7. The number of hydrogen-bond donors (Lipinski definition) is 1. The van der Waals surface area contributed by atoms with E-state index in [-0.39, 0.29) is 0 Å². The summed E-state index contributed by atoms with van der Waals surface area (Å²) in [4.78, 5) is 13.4. The molecule has 1 aromatic carbocycles. The minimum absolute atomic E-state index is 0.521. The van der Waals surface area contributed by atoms with Crippen molar-refractivity contribution in [2.45, 2.75) is 44.6 Å². The van der Waals surface area contributed by atoms with Crippen molar-refractivity contribution in [1.29, 1.82) is 0 Å². The van der Waals surface area contributed by atoms with Gasteiger partial charge in [-0.1, -0.05) is 17.7 Å². The second kappa shape index (κ2) is 7.87. The first-order valence-electron chi connectivity index (χ1n) is 7.91. The minimum atomic E-state index is -0.897. The predicted octanol–water partition coefficient (Wildman–Crippen LogP) is 3.87. The first-order chi connectivity index (χ1) is 10.6. The lowest BCUT2D eigenvalue weighted by molar-refractivity contribution is -0.145. The monoisotopic (exact) mass is 303 g/mol. The van der Waals surface area contributed by atoms with Crippen LogP contribution in [-0.2, 0) is 4.79 Å². The van der Waals surface area contributed by atoms with E-state index in [9.17, 15) is 9.90 Å². The molecule has 0 saturated heterocycles. The summed E-state index contributed by atoms with van der Waals surface area (Å²) in [5.41, 5.74) is 2.37. The predicted molar refractivity (Wildman–Crippen MR) is 88.6 cm³/mol. The first-order valence-corrected chi connectivity index (χ1v) is 7.91. The van der Waals surface area contributed by atoms with Gasteiger partial charge in [-0.15, -0.1) is 0 Å². The van der Waals surface area contributed by atoms with Crippen LogP contribution in [0.4, 0.5) is 5.69 Å². The molecular weight excluding hydrogens is 278 g/mol. The second-order valence-electron chi connectivity index (χ2n) is 5.98. The molecular formula is C18H25NO3. The maximum Gasteiger partial charge on any atom is 0.344 e. The number of nitrogens with zero attached hydrogens (tertiary/aromatic N) is 1. The summed E-state index contributed by atoms with van der Waals surface area (Å²) in [6, 6.07) is 7.53. The Kier molecular flexibility index (Phi) is 5.87. The van der Waals surface area contributed by atoms with Crippen molar-refractivity contribution < 1.29 is 14.6 Å². The SMILES string of the molecule is CN(C)c1cccc(OC(CCC2=CCCCC2)C(=O)O)c1. The number of ether oxygens (including phenoxy) is 1. The topological polar surface area (TPSA) is 49.8 Å². The molecule has 0 aliphatic heterocycles. The second-order valence-corrected chi connectivity index (χ2v) is 5.98. The molecule has 22 heavy (non-hydrogen) atoms. The maximum atomic E-state index is 11.4. The standard InChI is InChI=1S/C18H25NO3/c1-19(2)15-9-6-10-16(13-15)22-17(18(20)21)12-11-14-7-4-3-5-8-14/h6-7,9-10,13,17H,3-5,8,11-12H2,1-2H3,(H,20,21). The highest BCUT2D eigenvalue weighted by Crippen LogP contribution is 2.25. The quantitative estimate of drug-likeness (QED) is 0.777. The van der Waals surface area contributed by atoms with Crippen LogP contribution in [-0.4, -0.2) is 31.3 Å². The molecule has 1 aliphatic carbocycles. The highest BCUT2D eigenvalue weighted by atomic mass is 16.5. The van der Waals surface area contributed by atoms with Gasteiger partial charge < -0.3 is 14.7 Å². The number of aliphatic carboxylic acids is 1. The summed E-state index contributed by atoms with van der Waals surface area (Å²) in [5.74, 6) is -0.289. The Morgan fingerprint density at radius 3 is 2.82 bits per heavy atom. The average Bonchev–Trinajstić information content (AvgIpc) is 2.52.